The Balaban J connectivity index is 1.56. The molecular formula is C27H22ClFN4O3. The van der Waals surface area contributed by atoms with Crippen molar-refractivity contribution in [2.45, 2.75) is 19.3 Å². The molecule has 0 aliphatic heterocycles. The summed E-state index contributed by atoms with van der Waals surface area (Å²) in [4.78, 5) is 19.4. The van der Waals surface area contributed by atoms with Crippen LogP contribution in [0.5, 0.6) is 17.2 Å². The van der Waals surface area contributed by atoms with Gasteiger partial charge in [0.25, 0.3) is 0 Å². The number of nitrogens with zero attached hydrogens (tertiary/aromatic N) is 2. The number of benzene rings is 3. The second-order valence-electron chi connectivity index (χ2n) is 7.74. The fourth-order valence-corrected chi connectivity index (χ4v) is 3.54. The first-order valence-corrected chi connectivity index (χ1v) is 11.4. The molecule has 4 aromatic rings. The maximum Gasteiger partial charge on any atom is 0.217 e. The van der Waals surface area contributed by atoms with Crippen molar-refractivity contribution in [1.29, 1.82) is 0 Å². The number of nitrogens with two attached hydrogens (primary N) is 1. The Labute approximate surface area is 212 Å². The number of amides is 1. The molecule has 1 amide bonds. The summed E-state index contributed by atoms with van der Waals surface area (Å²) in [5.74, 6) is 7.30. The number of aromatic nitrogens is 2. The van der Waals surface area contributed by atoms with E-state index < -0.39 is 5.82 Å². The molecule has 1 aromatic heterocycles. The molecule has 9 heteroatoms. The van der Waals surface area contributed by atoms with Crippen LogP contribution in [-0.4, -0.2) is 23.0 Å². The fourth-order valence-electron chi connectivity index (χ4n) is 3.36. The number of hydrogen-bond donors (Lipinski definition) is 2. The number of halogens is 2. The van der Waals surface area contributed by atoms with E-state index in [2.05, 4.69) is 27.1 Å². The number of hydrogen-bond acceptors (Lipinski definition) is 6. The predicted molar refractivity (Wildman–Crippen MR) is 137 cm³/mol. The minimum Gasteiger partial charge on any atom is -0.493 e. The third-order valence-electron chi connectivity index (χ3n) is 5.14. The topological polar surface area (TPSA) is 99.4 Å². The number of methoxy groups -OCH3 is 1. The first kappa shape index (κ1) is 24.8. The summed E-state index contributed by atoms with van der Waals surface area (Å²) >= 11 is 5.91. The van der Waals surface area contributed by atoms with Crippen LogP contribution in [0.1, 0.15) is 24.8 Å². The molecule has 0 spiro atoms. The van der Waals surface area contributed by atoms with Gasteiger partial charge in [-0.2, -0.15) is 0 Å². The molecule has 1 heterocycles. The van der Waals surface area contributed by atoms with E-state index in [4.69, 9.17) is 26.8 Å². The lowest BCUT2D eigenvalue weighted by molar-refractivity contribution is -0.118. The third kappa shape index (κ3) is 6.20. The molecule has 0 bridgehead atoms. The van der Waals surface area contributed by atoms with Gasteiger partial charge in [-0.05, 0) is 55.0 Å². The molecule has 0 unspecified atom stereocenters. The maximum atomic E-state index is 13.5. The molecule has 0 fully saturated rings. The first-order valence-electron chi connectivity index (χ1n) is 11.0. The number of rotatable bonds is 8. The van der Waals surface area contributed by atoms with Crippen LogP contribution in [0.4, 0.5) is 15.9 Å². The number of unbranched alkanes of at least 4 members (excludes halogenated alkanes) is 1. The van der Waals surface area contributed by atoms with Crippen LogP contribution in [0.3, 0.4) is 0 Å². The van der Waals surface area contributed by atoms with Crippen molar-refractivity contribution in [3.8, 4) is 29.1 Å². The first-order chi connectivity index (χ1) is 17.4. The van der Waals surface area contributed by atoms with Gasteiger partial charge in [-0.25, -0.2) is 14.4 Å². The quantitative estimate of drug-likeness (QED) is 0.226. The lowest BCUT2D eigenvalue weighted by Crippen LogP contribution is -2.09. The molecule has 7 nitrogen and oxygen atoms in total. The molecular weight excluding hydrogens is 483 g/mol. The number of primary amides is 1. The van der Waals surface area contributed by atoms with Crippen molar-refractivity contribution in [3.63, 3.8) is 0 Å². The molecule has 0 aliphatic rings. The standard InChI is InChI=1S/C27H22ClFN4O3/c1-35-24-15-23-20(27(32-16-31-23)33-18-9-12-22(29)21(28)13-18)14-25(24)36-19-10-7-17(8-11-19)5-3-2-4-6-26(30)34/h7-16H,2,4,6H2,1H3,(H2,30,34)(H,31,32,33). The molecule has 182 valence electrons. The molecule has 0 atom stereocenters. The van der Waals surface area contributed by atoms with Crippen molar-refractivity contribution < 1.29 is 18.7 Å². The Kier molecular flexibility index (Phi) is 7.83. The van der Waals surface area contributed by atoms with Gasteiger partial charge in [-0.1, -0.05) is 23.4 Å². The normalized spacial score (nSPS) is 10.4. The molecule has 0 saturated carbocycles. The van der Waals surface area contributed by atoms with Crippen LogP contribution in [-0.2, 0) is 4.79 Å². The van der Waals surface area contributed by atoms with E-state index in [0.717, 1.165) is 5.56 Å². The van der Waals surface area contributed by atoms with Gasteiger partial charge in [0.15, 0.2) is 11.5 Å². The maximum absolute atomic E-state index is 13.5. The van der Waals surface area contributed by atoms with Gasteiger partial charge in [0.05, 0.1) is 17.6 Å². The van der Waals surface area contributed by atoms with Gasteiger partial charge in [-0.3, -0.25) is 4.79 Å². The Bertz CT molecular complexity index is 1470. The summed E-state index contributed by atoms with van der Waals surface area (Å²) in [5, 5.41) is 3.82. The molecule has 0 radical (unpaired) electrons. The van der Waals surface area contributed by atoms with Crippen LogP contribution < -0.4 is 20.5 Å². The number of nitrogens with one attached hydrogen (secondary N) is 1. The lowest BCUT2D eigenvalue weighted by Gasteiger charge is -2.14. The summed E-state index contributed by atoms with van der Waals surface area (Å²) in [6, 6.07) is 15.1. The van der Waals surface area contributed by atoms with Gasteiger partial charge in [0.1, 0.15) is 23.7 Å². The van der Waals surface area contributed by atoms with E-state index in [1.54, 1.807) is 37.4 Å². The van der Waals surface area contributed by atoms with Gasteiger partial charge >= 0.3 is 0 Å². The minimum absolute atomic E-state index is 0.00264. The lowest BCUT2D eigenvalue weighted by atomic mass is 10.2. The smallest absolute Gasteiger partial charge is 0.217 e. The Hall–Kier alpha value is -4.35. The highest BCUT2D eigenvalue weighted by Crippen LogP contribution is 2.37. The van der Waals surface area contributed by atoms with Gasteiger partial charge < -0.3 is 20.5 Å². The molecule has 4 rings (SSSR count). The zero-order valence-electron chi connectivity index (χ0n) is 19.3. The highest BCUT2D eigenvalue weighted by molar-refractivity contribution is 6.31. The number of anilines is 2. The monoisotopic (exact) mass is 504 g/mol. The summed E-state index contributed by atoms with van der Waals surface area (Å²) in [6.45, 7) is 0. The molecule has 3 N–H and O–H groups in total. The van der Waals surface area contributed by atoms with Crippen LogP contribution >= 0.6 is 11.6 Å². The van der Waals surface area contributed by atoms with E-state index in [-0.39, 0.29) is 10.9 Å². The summed E-state index contributed by atoms with van der Waals surface area (Å²) in [5.41, 5.74) is 7.16. The van der Waals surface area contributed by atoms with Crippen LogP contribution in [0.25, 0.3) is 10.9 Å². The molecule has 0 saturated heterocycles. The molecule has 36 heavy (non-hydrogen) atoms. The van der Waals surface area contributed by atoms with E-state index in [1.807, 2.05) is 12.1 Å². The second-order valence-corrected chi connectivity index (χ2v) is 8.15. The van der Waals surface area contributed by atoms with Crippen LogP contribution in [0.2, 0.25) is 5.02 Å². The van der Waals surface area contributed by atoms with Crippen molar-refractivity contribution in [2.24, 2.45) is 5.73 Å². The van der Waals surface area contributed by atoms with E-state index in [1.165, 1.54) is 18.5 Å². The van der Waals surface area contributed by atoms with Gasteiger partial charge in [0.2, 0.25) is 5.91 Å². The zero-order chi connectivity index (χ0) is 25.5. The highest BCUT2D eigenvalue weighted by Gasteiger charge is 2.13. The van der Waals surface area contributed by atoms with Crippen LogP contribution in [0.15, 0.2) is 60.9 Å². The zero-order valence-corrected chi connectivity index (χ0v) is 20.1. The predicted octanol–water partition coefficient (Wildman–Crippen LogP) is 5.97. The molecule has 3 aromatic carbocycles. The minimum atomic E-state index is -0.504. The number of fused-ring (bicyclic) bond motifs is 1. The Morgan fingerprint density at radius 2 is 1.92 bits per heavy atom. The number of ether oxygens (including phenoxy) is 2. The Morgan fingerprint density at radius 3 is 2.64 bits per heavy atom. The van der Waals surface area contributed by atoms with Crippen molar-refractivity contribution in [3.05, 3.63) is 77.3 Å². The van der Waals surface area contributed by atoms with Crippen molar-refractivity contribution in [1.82, 2.24) is 9.97 Å². The van der Waals surface area contributed by atoms with Crippen molar-refractivity contribution in [2.75, 3.05) is 12.4 Å². The van der Waals surface area contributed by atoms with Gasteiger partial charge in [0, 0.05) is 35.5 Å². The van der Waals surface area contributed by atoms with E-state index in [0.29, 0.717) is 58.9 Å². The Morgan fingerprint density at radius 1 is 1.11 bits per heavy atom. The number of carbonyl (C=O) groups is 1. The highest BCUT2D eigenvalue weighted by atomic mass is 35.5. The average Bonchev–Trinajstić information content (AvgIpc) is 2.87. The molecule has 0 aliphatic carbocycles. The summed E-state index contributed by atoms with van der Waals surface area (Å²) < 4.78 is 25.1. The van der Waals surface area contributed by atoms with Crippen molar-refractivity contribution >= 4 is 39.9 Å². The number of carbonyl (C=O) groups excluding carboxylic acids is 1. The summed E-state index contributed by atoms with van der Waals surface area (Å²) in [7, 11) is 1.55. The van der Waals surface area contributed by atoms with E-state index >= 15 is 0 Å². The van der Waals surface area contributed by atoms with Crippen LogP contribution in [0, 0.1) is 17.7 Å². The third-order valence-corrected chi connectivity index (χ3v) is 5.43. The second kappa shape index (κ2) is 11.4. The van der Waals surface area contributed by atoms with E-state index in [9.17, 15) is 9.18 Å². The largest absolute Gasteiger partial charge is 0.493 e. The summed E-state index contributed by atoms with van der Waals surface area (Å²) in [6.07, 6.45) is 2.98. The SMILES string of the molecule is COc1cc2ncnc(Nc3ccc(F)c(Cl)c3)c2cc1Oc1ccc(C#CCCCC(N)=O)cc1. The fraction of sp³-hybridized carbons (Fsp3) is 0.148. The van der Waals surface area contributed by atoms with Gasteiger partial charge in [-0.15, -0.1) is 0 Å². The average molecular weight is 505 g/mol.